The molecule has 0 radical (unpaired) electrons. The van der Waals surface area contributed by atoms with Crippen LogP contribution >= 0.6 is 35.1 Å². The van der Waals surface area contributed by atoms with E-state index in [2.05, 4.69) is 25.6 Å². The Bertz CT molecular complexity index is 1130. The van der Waals surface area contributed by atoms with E-state index in [1.807, 2.05) is 0 Å². The molecule has 3 heterocycles. The van der Waals surface area contributed by atoms with Crippen molar-refractivity contribution in [1.29, 1.82) is 0 Å². The maximum Gasteiger partial charge on any atom is 0.416 e. The van der Waals surface area contributed by atoms with Crippen LogP contribution in [0.2, 0.25) is 5.15 Å². The smallest absolute Gasteiger partial charge is 0.317 e. The molecule has 0 amide bonds. The Morgan fingerprint density at radius 3 is 2.26 bits per heavy atom. The van der Waals surface area contributed by atoms with Gasteiger partial charge in [-0.25, -0.2) is 14.6 Å². The minimum Gasteiger partial charge on any atom is -0.317 e. The molecule has 164 valence electrons. The molecule has 0 saturated carbocycles. The van der Waals surface area contributed by atoms with Gasteiger partial charge in [-0.2, -0.15) is 26.3 Å². The third kappa shape index (κ3) is 4.28. The lowest BCUT2D eigenvalue weighted by Gasteiger charge is -2.15. The molecular formula is C16H9ClF6N6S2. The Kier molecular flexibility index (Phi) is 5.50. The Balaban J connectivity index is 1.82. The third-order valence-corrected chi connectivity index (χ3v) is 6.00. The highest BCUT2D eigenvalue weighted by Gasteiger charge is 2.37. The van der Waals surface area contributed by atoms with Crippen LogP contribution in [0.1, 0.15) is 16.7 Å². The molecule has 0 spiro atoms. The van der Waals surface area contributed by atoms with Gasteiger partial charge in [0.25, 0.3) is 0 Å². The van der Waals surface area contributed by atoms with Gasteiger partial charge in [0.15, 0.2) is 11.0 Å². The van der Waals surface area contributed by atoms with Crippen molar-refractivity contribution in [2.45, 2.75) is 34.2 Å². The van der Waals surface area contributed by atoms with Crippen LogP contribution < -0.4 is 5.43 Å². The van der Waals surface area contributed by atoms with E-state index in [-0.39, 0.29) is 28.7 Å². The molecule has 1 aliphatic heterocycles. The first kappa shape index (κ1) is 22.0. The second-order valence-electron chi connectivity index (χ2n) is 6.16. The van der Waals surface area contributed by atoms with Crippen molar-refractivity contribution in [1.82, 2.24) is 24.8 Å². The van der Waals surface area contributed by atoms with E-state index >= 15 is 0 Å². The summed E-state index contributed by atoms with van der Waals surface area (Å²) in [5.74, 6) is -0.221. The number of nitrogens with zero attached hydrogens (tertiary/aromatic N) is 5. The Morgan fingerprint density at radius 2 is 1.68 bits per heavy atom. The molecule has 31 heavy (non-hydrogen) atoms. The fourth-order valence-electron chi connectivity index (χ4n) is 2.74. The predicted molar refractivity (Wildman–Crippen MR) is 101 cm³/mol. The molecule has 0 atom stereocenters. The molecule has 6 nitrogen and oxygen atoms in total. The maximum atomic E-state index is 13.2. The molecule has 0 bridgehead atoms. The molecule has 0 unspecified atom stereocenters. The minimum atomic E-state index is -4.98. The summed E-state index contributed by atoms with van der Waals surface area (Å²) in [6.45, 7) is 0.0545. The second kappa shape index (κ2) is 7.74. The lowest BCUT2D eigenvalue weighted by Crippen LogP contribution is -2.17. The summed E-state index contributed by atoms with van der Waals surface area (Å²) < 4.78 is 80.5. The van der Waals surface area contributed by atoms with Crippen molar-refractivity contribution >= 4 is 35.1 Å². The topological polar surface area (TPSA) is 68.5 Å². The van der Waals surface area contributed by atoms with E-state index in [1.165, 1.54) is 16.4 Å². The predicted octanol–water partition coefficient (Wildman–Crippen LogP) is 5.36. The minimum absolute atomic E-state index is 0.0545. The van der Waals surface area contributed by atoms with E-state index < -0.39 is 29.0 Å². The van der Waals surface area contributed by atoms with Crippen LogP contribution in [-0.4, -0.2) is 31.1 Å². The lowest BCUT2D eigenvalue weighted by atomic mass is 10.0. The van der Waals surface area contributed by atoms with Gasteiger partial charge in [0.1, 0.15) is 10.2 Å². The molecule has 3 aromatic rings. The lowest BCUT2D eigenvalue weighted by molar-refractivity contribution is -0.143. The van der Waals surface area contributed by atoms with E-state index in [4.69, 9.17) is 11.6 Å². The summed E-state index contributed by atoms with van der Waals surface area (Å²) in [7, 11) is 0. The number of hydrogen-bond acceptors (Lipinski definition) is 7. The first-order valence-electron chi connectivity index (χ1n) is 8.25. The summed E-state index contributed by atoms with van der Waals surface area (Å²) in [5, 5.41) is 8.90. The Morgan fingerprint density at radius 1 is 1.03 bits per heavy atom. The molecule has 0 fully saturated rings. The van der Waals surface area contributed by atoms with Gasteiger partial charge in [0, 0.05) is 11.1 Å². The van der Waals surface area contributed by atoms with E-state index in [0.29, 0.717) is 27.9 Å². The van der Waals surface area contributed by atoms with Crippen LogP contribution in [0, 0.1) is 0 Å². The number of alkyl halides is 6. The van der Waals surface area contributed by atoms with Gasteiger partial charge in [-0.1, -0.05) is 23.4 Å². The average molecular weight is 499 g/mol. The van der Waals surface area contributed by atoms with Crippen LogP contribution in [0.4, 0.5) is 26.3 Å². The molecule has 0 aliphatic carbocycles. The van der Waals surface area contributed by atoms with Gasteiger partial charge in [-0.15, -0.1) is 10.2 Å². The highest BCUT2D eigenvalue weighted by molar-refractivity contribution is 7.99. The molecule has 1 aliphatic rings. The van der Waals surface area contributed by atoms with Crippen LogP contribution in [-0.2, 0) is 18.9 Å². The van der Waals surface area contributed by atoms with Crippen molar-refractivity contribution in [2.24, 2.45) is 0 Å². The fraction of sp³-hybridized carbons (Fsp3) is 0.250. The Labute approximate surface area is 183 Å². The van der Waals surface area contributed by atoms with Gasteiger partial charge in [-0.05, 0) is 36.2 Å². The number of nitrogens with one attached hydrogen (secondary N) is 1. The van der Waals surface area contributed by atoms with Crippen LogP contribution in [0.15, 0.2) is 33.5 Å². The SMILES string of the molecule is CSc1nc(Cl)c2c(n1)Sc1nnc(-c3cc(C(F)(F)F)cc(C(F)(F)F)c3)n1NC2. The van der Waals surface area contributed by atoms with Crippen molar-refractivity contribution < 1.29 is 26.3 Å². The molecular weight excluding hydrogens is 490 g/mol. The van der Waals surface area contributed by atoms with Crippen molar-refractivity contribution in [3.8, 4) is 11.4 Å². The average Bonchev–Trinajstić information content (AvgIpc) is 2.98. The molecule has 1 aromatic carbocycles. The quantitative estimate of drug-likeness (QED) is 0.221. The number of thioether (sulfide) groups is 1. The van der Waals surface area contributed by atoms with Gasteiger partial charge >= 0.3 is 12.4 Å². The van der Waals surface area contributed by atoms with E-state index in [9.17, 15) is 26.3 Å². The normalized spacial score (nSPS) is 13.9. The zero-order valence-corrected chi connectivity index (χ0v) is 17.5. The first-order valence-corrected chi connectivity index (χ1v) is 10.7. The maximum absolute atomic E-state index is 13.2. The fourth-order valence-corrected chi connectivity index (χ4v) is 4.42. The molecule has 15 heteroatoms. The zero-order valence-electron chi connectivity index (χ0n) is 15.1. The Hall–Kier alpha value is -2.19. The van der Waals surface area contributed by atoms with Gasteiger partial charge in [0.05, 0.1) is 17.7 Å². The number of halogens is 7. The van der Waals surface area contributed by atoms with Gasteiger partial charge < -0.3 is 5.43 Å². The van der Waals surface area contributed by atoms with Gasteiger partial charge in [0.2, 0.25) is 5.16 Å². The summed E-state index contributed by atoms with van der Waals surface area (Å²) in [6, 6.07) is 1.24. The third-order valence-electron chi connectivity index (χ3n) is 4.16. The van der Waals surface area contributed by atoms with E-state index in [1.54, 1.807) is 6.26 Å². The van der Waals surface area contributed by atoms with Crippen LogP contribution in [0.3, 0.4) is 0 Å². The largest absolute Gasteiger partial charge is 0.416 e. The molecule has 4 rings (SSSR count). The number of hydrogen-bond donors (Lipinski definition) is 1. The highest BCUT2D eigenvalue weighted by Crippen LogP contribution is 2.40. The van der Waals surface area contributed by atoms with Crippen LogP contribution in [0.5, 0.6) is 0 Å². The van der Waals surface area contributed by atoms with E-state index in [0.717, 1.165) is 11.8 Å². The molecule has 1 N–H and O–H groups in total. The highest BCUT2D eigenvalue weighted by atomic mass is 35.5. The molecule has 0 saturated heterocycles. The number of aromatic nitrogens is 5. The van der Waals surface area contributed by atoms with Gasteiger partial charge in [-0.3, -0.25) is 0 Å². The van der Waals surface area contributed by atoms with Crippen LogP contribution in [0.25, 0.3) is 11.4 Å². The van der Waals surface area contributed by atoms with Crippen molar-refractivity contribution in [3.63, 3.8) is 0 Å². The standard InChI is InChI=1S/C16H9ClF6N6S2/c1-30-13-25-10(17)9-5-24-29-11(27-28-14(29)31-12(9)26-13)6-2-7(15(18,19)20)4-8(3-6)16(21,22)23/h2-4,24H,5H2,1H3. The monoisotopic (exact) mass is 498 g/mol. The second-order valence-corrected chi connectivity index (χ2v) is 8.25. The number of fused-ring (bicyclic) bond motifs is 2. The summed E-state index contributed by atoms with van der Waals surface area (Å²) in [4.78, 5) is 8.46. The van der Waals surface area contributed by atoms with Crippen molar-refractivity contribution in [2.75, 3.05) is 11.7 Å². The zero-order chi connectivity index (χ0) is 22.6. The molecule has 2 aromatic heterocycles. The summed E-state index contributed by atoms with van der Waals surface area (Å²) in [6.07, 6.45) is -8.20. The summed E-state index contributed by atoms with van der Waals surface area (Å²) in [5.41, 5.74) is 0.0810. The number of rotatable bonds is 2. The summed E-state index contributed by atoms with van der Waals surface area (Å²) >= 11 is 8.47. The first-order chi connectivity index (χ1) is 14.5. The van der Waals surface area contributed by atoms with Crippen molar-refractivity contribution in [3.05, 3.63) is 40.0 Å². The number of benzene rings is 1.